The van der Waals surface area contributed by atoms with E-state index >= 15 is 0 Å². The summed E-state index contributed by atoms with van der Waals surface area (Å²) in [6.07, 6.45) is -0.988. The maximum Gasteiger partial charge on any atom is 0.273 e. The molecule has 0 fully saturated rings. The van der Waals surface area contributed by atoms with Gasteiger partial charge in [0.05, 0.1) is 11.0 Å². The highest BCUT2D eigenvalue weighted by molar-refractivity contribution is 5.80. The molecule has 0 unspecified atom stereocenters. The van der Waals surface area contributed by atoms with E-state index in [1.165, 1.54) is 24.3 Å². The summed E-state index contributed by atoms with van der Waals surface area (Å²) < 4.78 is 5.47. The van der Waals surface area contributed by atoms with Gasteiger partial charge < -0.3 is 10.5 Å². The number of benzene rings is 2. The molecule has 20 heavy (non-hydrogen) atoms. The molecule has 2 aromatic rings. The van der Waals surface area contributed by atoms with Crippen LogP contribution in [0.4, 0.5) is 5.69 Å². The fourth-order valence-electron chi connectivity index (χ4n) is 1.72. The molecule has 6 heteroatoms. The smallest absolute Gasteiger partial charge is 0.273 e. The second-order valence-electron chi connectivity index (χ2n) is 4.07. The number of ether oxygens (including phenoxy) is 1. The van der Waals surface area contributed by atoms with Gasteiger partial charge in [0, 0.05) is 11.6 Å². The number of rotatable bonds is 5. The summed E-state index contributed by atoms with van der Waals surface area (Å²) in [4.78, 5) is 21.7. The summed E-state index contributed by atoms with van der Waals surface area (Å²) in [5, 5.41) is 10.7. The highest BCUT2D eigenvalue weighted by Crippen LogP contribution is 2.25. The Morgan fingerprint density at radius 1 is 1.15 bits per heavy atom. The van der Waals surface area contributed by atoms with Gasteiger partial charge in [-0.3, -0.25) is 14.9 Å². The quantitative estimate of drug-likeness (QED) is 0.666. The number of nitrogens with two attached hydrogens (primary N) is 1. The first-order chi connectivity index (χ1) is 9.58. The van der Waals surface area contributed by atoms with E-state index in [9.17, 15) is 14.9 Å². The van der Waals surface area contributed by atoms with Crippen molar-refractivity contribution in [2.24, 2.45) is 5.73 Å². The average Bonchev–Trinajstić information content (AvgIpc) is 2.45. The number of nitro benzene ring substituents is 1. The Balaban J connectivity index is 2.27. The summed E-state index contributed by atoms with van der Waals surface area (Å²) in [5.74, 6) is -0.449. The zero-order chi connectivity index (χ0) is 14.5. The maximum absolute atomic E-state index is 11.5. The van der Waals surface area contributed by atoms with E-state index in [1.54, 1.807) is 30.3 Å². The normalized spacial score (nSPS) is 11.6. The van der Waals surface area contributed by atoms with Crippen molar-refractivity contribution in [1.29, 1.82) is 0 Å². The van der Waals surface area contributed by atoms with Gasteiger partial charge in [-0.25, -0.2) is 0 Å². The first-order valence-corrected chi connectivity index (χ1v) is 5.83. The van der Waals surface area contributed by atoms with Crippen LogP contribution in [-0.2, 0) is 4.79 Å². The molecule has 1 amide bonds. The summed E-state index contributed by atoms with van der Waals surface area (Å²) in [6, 6.07) is 14.3. The largest absolute Gasteiger partial charge is 0.476 e. The molecule has 2 aromatic carbocycles. The van der Waals surface area contributed by atoms with E-state index in [1.807, 2.05) is 0 Å². The van der Waals surface area contributed by atoms with Crippen LogP contribution in [0.3, 0.4) is 0 Å². The summed E-state index contributed by atoms with van der Waals surface area (Å²) in [5.41, 5.74) is 5.79. The van der Waals surface area contributed by atoms with Gasteiger partial charge in [0.2, 0.25) is 6.10 Å². The Kier molecular flexibility index (Phi) is 3.95. The second-order valence-corrected chi connectivity index (χ2v) is 4.07. The van der Waals surface area contributed by atoms with Crippen molar-refractivity contribution in [2.75, 3.05) is 0 Å². The zero-order valence-electron chi connectivity index (χ0n) is 10.4. The molecule has 102 valence electrons. The number of non-ortho nitro benzene ring substituents is 1. The third-order valence-corrected chi connectivity index (χ3v) is 2.64. The molecule has 0 saturated heterocycles. The van der Waals surface area contributed by atoms with Gasteiger partial charge in [-0.2, -0.15) is 0 Å². The molecule has 0 saturated carbocycles. The fourth-order valence-corrected chi connectivity index (χ4v) is 1.72. The molecule has 0 aliphatic carbocycles. The van der Waals surface area contributed by atoms with Crippen molar-refractivity contribution in [3.05, 3.63) is 70.3 Å². The standard InChI is InChI=1S/C14H12N2O4/c15-14(17)13(10-5-2-1-3-6-10)20-12-8-4-7-11(9-12)16(18)19/h1-9,13H,(H2,15,17)/t13-/m1/s1. The van der Waals surface area contributed by atoms with Gasteiger partial charge in [0.1, 0.15) is 5.75 Å². The van der Waals surface area contributed by atoms with E-state index < -0.39 is 16.9 Å². The number of amides is 1. The predicted octanol–water partition coefficient (Wildman–Crippen LogP) is 2.20. The van der Waals surface area contributed by atoms with E-state index in [2.05, 4.69) is 0 Å². The lowest BCUT2D eigenvalue weighted by Crippen LogP contribution is -2.26. The van der Waals surface area contributed by atoms with E-state index in [4.69, 9.17) is 10.5 Å². The van der Waals surface area contributed by atoms with Crippen molar-refractivity contribution < 1.29 is 14.5 Å². The summed E-state index contributed by atoms with van der Waals surface area (Å²) in [6.45, 7) is 0. The third kappa shape index (κ3) is 3.11. The lowest BCUT2D eigenvalue weighted by Gasteiger charge is -2.16. The topological polar surface area (TPSA) is 95.5 Å². The number of carbonyl (C=O) groups is 1. The maximum atomic E-state index is 11.5. The van der Waals surface area contributed by atoms with E-state index in [0.717, 1.165) is 0 Å². The van der Waals surface area contributed by atoms with Crippen molar-refractivity contribution in [2.45, 2.75) is 6.10 Å². The van der Waals surface area contributed by atoms with Crippen molar-refractivity contribution in [3.8, 4) is 5.75 Å². The lowest BCUT2D eigenvalue weighted by atomic mass is 10.1. The minimum atomic E-state index is -0.988. The van der Waals surface area contributed by atoms with Crippen LogP contribution in [0.15, 0.2) is 54.6 Å². The van der Waals surface area contributed by atoms with Gasteiger partial charge in [0.15, 0.2) is 0 Å². The van der Waals surface area contributed by atoms with Crippen LogP contribution < -0.4 is 10.5 Å². The van der Waals surface area contributed by atoms with Crippen LogP contribution in [-0.4, -0.2) is 10.8 Å². The molecule has 6 nitrogen and oxygen atoms in total. The van der Waals surface area contributed by atoms with Crippen molar-refractivity contribution in [1.82, 2.24) is 0 Å². The van der Waals surface area contributed by atoms with Gasteiger partial charge in [-0.15, -0.1) is 0 Å². The molecule has 0 radical (unpaired) electrons. The summed E-state index contributed by atoms with van der Waals surface area (Å²) in [7, 11) is 0. The Bertz CT molecular complexity index is 628. The predicted molar refractivity (Wildman–Crippen MR) is 72.1 cm³/mol. The fraction of sp³-hybridized carbons (Fsp3) is 0.0714. The molecule has 0 bridgehead atoms. The molecule has 2 rings (SSSR count). The number of primary amides is 1. The highest BCUT2D eigenvalue weighted by atomic mass is 16.6. The highest BCUT2D eigenvalue weighted by Gasteiger charge is 2.20. The first-order valence-electron chi connectivity index (χ1n) is 5.83. The number of nitro groups is 1. The molecular weight excluding hydrogens is 260 g/mol. The van der Waals surface area contributed by atoms with Crippen molar-refractivity contribution >= 4 is 11.6 Å². The Morgan fingerprint density at radius 2 is 1.85 bits per heavy atom. The minimum absolute atomic E-state index is 0.112. The van der Waals surface area contributed by atoms with E-state index in [0.29, 0.717) is 5.56 Å². The Morgan fingerprint density at radius 3 is 2.45 bits per heavy atom. The molecular formula is C14H12N2O4. The Hall–Kier alpha value is -2.89. The minimum Gasteiger partial charge on any atom is -0.476 e. The van der Waals surface area contributed by atoms with Crippen molar-refractivity contribution in [3.63, 3.8) is 0 Å². The Labute approximate surface area is 114 Å². The van der Waals surface area contributed by atoms with E-state index in [-0.39, 0.29) is 11.4 Å². The van der Waals surface area contributed by atoms with Crippen LogP contribution in [0.5, 0.6) is 5.75 Å². The second kappa shape index (κ2) is 5.83. The molecule has 1 atom stereocenters. The summed E-state index contributed by atoms with van der Waals surface area (Å²) >= 11 is 0. The van der Waals surface area contributed by atoms with Crippen LogP contribution >= 0.6 is 0 Å². The first kappa shape index (κ1) is 13.5. The number of carbonyl (C=O) groups excluding carboxylic acids is 1. The monoisotopic (exact) mass is 272 g/mol. The lowest BCUT2D eigenvalue weighted by molar-refractivity contribution is -0.384. The number of hydrogen-bond acceptors (Lipinski definition) is 4. The van der Waals surface area contributed by atoms with Gasteiger partial charge >= 0.3 is 0 Å². The van der Waals surface area contributed by atoms with Crippen LogP contribution in [0.2, 0.25) is 0 Å². The number of hydrogen-bond donors (Lipinski definition) is 1. The molecule has 0 aliphatic rings. The molecule has 0 aromatic heterocycles. The third-order valence-electron chi connectivity index (χ3n) is 2.64. The van der Waals surface area contributed by atoms with Crippen LogP contribution in [0, 0.1) is 10.1 Å². The molecule has 0 spiro atoms. The number of nitrogens with zero attached hydrogens (tertiary/aromatic N) is 1. The van der Waals surface area contributed by atoms with Gasteiger partial charge in [-0.1, -0.05) is 36.4 Å². The SMILES string of the molecule is NC(=O)[C@H](Oc1cccc([N+](=O)[O-])c1)c1ccccc1. The molecule has 0 aliphatic heterocycles. The van der Waals surface area contributed by atoms with Crippen LogP contribution in [0.1, 0.15) is 11.7 Å². The average molecular weight is 272 g/mol. The zero-order valence-corrected chi connectivity index (χ0v) is 10.4. The molecule has 0 heterocycles. The molecule has 2 N–H and O–H groups in total. The van der Waals surface area contributed by atoms with Crippen LogP contribution in [0.25, 0.3) is 0 Å². The van der Waals surface area contributed by atoms with Gasteiger partial charge in [-0.05, 0) is 6.07 Å². The van der Waals surface area contributed by atoms with Gasteiger partial charge in [0.25, 0.3) is 11.6 Å².